The average Bonchev–Trinajstić information content (AvgIpc) is 2.91. The summed E-state index contributed by atoms with van der Waals surface area (Å²) in [6.45, 7) is 4.39. The van der Waals surface area contributed by atoms with Crippen molar-refractivity contribution in [3.8, 4) is 5.75 Å². The molecule has 0 unspecified atom stereocenters. The molecular formula is C19H27ClN4O. The SMILES string of the molecule is CCNC(=NCCc1ccc(OC)cc1)N(C)Cc1cc(Cl)cn1C. The van der Waals surface area contributed by atoms with E-state index in [1.807, 2.05) is 43.1 Å². The summed E-state index contributed by atoms with van der Waals surface area (Å²) in [5.74, 6) is 1.77. The molecule has 0 atom stereocenters. The third-order valence-corrected chi connectivity index (χ3v) is 4.20. The third kappa shape index (κ3) is 5.71. The van der Waals surface area contributed by atoms with Crippen molar-refractivity contribution in [2.45, 2.75) is 19.9 Å². The van der Waals surface area contributed by atoms with Crippen LogP contribution in [0.2, 0.25) is 5.02 Å². The van der Waals surface area contributed by atoms with Gasteiger partial charge in [-0.3, -0.25) is 4.99 Å². The number of ether oxygens (including phenoxy) is 1. The Morgan fingerprint density at radius 3 is 2.60 bits per heavy atom. The quantitative estimate of drug-likeness (QED) is 0.606. The Kier molecular flexibility index (Phi) is 7.19. The van der Waals surface area contributed by atoms with Crippen LogP contribution in [-0.2, 0) is 20.0 Å². The van der Waals surface area contributed by atoms with Gasteiger partial charge >= 0.3 is 0 Å². The van der Waals surface area contributed by atoms with E-state index >= 15 is 0 Å². The largest absolute Gasteiger partial charge is 0.497 e. The fourth-order valence-electron chi connectivity index (χ4n) is 2.59. The summed E-state index contributed by atoms with van der Waals surface area (Å²) in [6.07, 6.45) is 2.81. The van der Waals surface area contributed by atoms with Gasteiger partial charge in [-0.05, 0) is 37.1 Å². The minimum absolute atomic E-state index is 0.729. The monoisotopic (exact) mass is 362 g/mol. The minimum atomic E-state index is 0.729. The normalized spacial score (nSPS) is 11.5. The van der Waals surface area contributed by atoms with Crippen LogP contribution in [0, 0.1) is 0 Å². The summed E-state index contributed by atoms with van der Waals surface area (Å²) >= 11 is 6.07. The zero-order valence-electron chi connectivity index (χ0n) is 15.4. The van der Waals surface area contributed by atoms with Crippen LogP contribution in [-0.4, -0.2) is 42.7 Å². The van der Waals surface area contributed by atoms with Crippen molar-refractivity contribution >= 4 is 17.6 Å². The lowest BCUT2D eigenvalue weighted by molar-refractivity contribution is 0.414. The van der Waals surface area contributed by atoms with Crippen LogP contribution < -0.4 is 10.1 Å². The van der Waals surface area contributed by atoms with E-state index in [9.17, 15) is 0 Å². The molecule has 5 nitrogen and oxygen atoms in total. The van der Waals surface area contributed by atoms with Crippen molar-refractivity contribution < 1.29 is 4.74 Å². The standard InChI is InChI=1S/C19H27ClN4O/c1-5-21-19(24(3)14-17-12-16(20)13-23(17)2)22-11-10-15-6-8-18(25-4)9-7-15/h6-9,12-13H,5,10-11,14H2,1-4H3,(H,21,22). The molecule has 0 saturated heterocycles. The molecule has 1 heterocycles. The molecule has 0 amide bonds. The van der Waals surface area contributed by atoms with Crippen molar-refractivity contribution in [1.29, 1.82) is 0 Å². The number of hydrogen-bond acceptors (Lipinski definition) is 2. The first-order chi connectivity index (χ1) is 12.0. The molecule has 0 radical (unpaired) electrons. The number of hydrogen-bond donors (Lipinski definition) is 1. The molecule has 1 N–H and O–H groups in total. The first-order valence-electron chi connectivity index (χ1n) is 8.46. The second-order valence-corrected chi connectivity index (χ2v) is 6.39. The maximum atomic E-state index is 6.07. The smallest absolute Gasteiger partial charge is 0.194 e. The van der Waals surface area contributed by atoms with Crippen LogP contribution >= 0.6 is 11.6 Å². The summed E-state index contributed by atoms with van der Waals surface area (Å²) in [6, 6.07) is 10.1. The fraction of sp³-hybridized carbons (Fsp3) is 0.421. The minimum Gasteiger partial charge on any atom is -0.497 e. The van der Waals surface area contributed by atoms with Crippen LogP contribution in [0.25, 0.3) is 0 Å². The third-order valence-electron chi connectivity index (χ3n) is 3.99. The number of aryl methyl sites for hydroxylation is 1. The Labute approximate surface area is 155 Å². The average molecular weight is 363 g/mol. The van der Waals surface area contributed by atoms with E-state index in [1.165, 1.54) is 5.56 Å². The van der Waals surface area contributed by atoms with Gasteiger partial charge in [0.25, 0.3) is 0 Å². The van der Waals surface area contributed by atoms with E-state index in [-0.39, 0.29) is 0 Å². The number of benzene rings is 1. The van der Waals surface area contributed by atoms with Gasteiger partial charge in [-0.2, -0.15) is 0 Å². The molecule has 0 aliphatic carbocycles. The van der Waals surface area contributed by atoms with Crippen LogP contribution in [0.4, 0.5) is 0 Å². The number of guanidine groups is 1. The second-order valence-electron chi connectivity index (χ2n) is 5.95. The van der Waals surface area contributed by atoms with Crippen molar-refractivity contribution in [2.75, 3.05) is 27.2 Å². The van der Waals surface area contributed by atoms with E-state index in [2.05, 4.69) is 29.3 Å². The Bertz CT molecular complexity index is 694. The van der Waals surface area contributed by atoms with Gasteiger partial charge in [-0.15, -0.1) is 0 Å². The van der Waals surface area contributed by atoms with Gasteiger partial charge in [0.2, 0.25) is 0 Å². The first kappa shape index (κ1) is 19.2. The van der Waals surface area contributed by atoms with Crippen molar-refractivity contribution in [3.05, 3.63) is 52.8 Å². The molecule has 136 valence electrons. The molecular weight excluding hydrogens is 336 g/mol. The number of rotatable bonds is 7. The van der Waals surface area contributed by atoms with Crippen LogP contribution in [0.3, 0.4) is 0 Å². The molecule has 2 aromatic rings. The summed E-state index contributed by atoms with van der Waals surface area (Å²) in [4.78, 5) is 6.86. The Hall–Kier alpha value is -2.14. The highest BCUT2D eigenvalue weighted by Gasteiger charge is 2.09. The summed E-state index contributed by atoms with van der Waals surface area (Å²) in [5.41, 5.74) is 2.39. The number of halogens is 1. The maximum absolute atomic E-state index is 6.07. The molecule has 1 aromatic heterocycles. The molecule has 0 saturated carbocycles. The molecule has 0 bridgehead atoms. The van der Waals surface area contributed by atoms with Gasteiger partial charge < -0.3 is 19.5 Å². The number of methoxy groups -OCH3 is 1. The highest BCUT2D eigenvalue weighted by molar-refractivity contribution is 6.30. The lowest BCUT2D eigenvalue weighted by Crippen LogP contribution is -2.39. The number of aromatic nitrogens is 1. The topological polar surface area (TPSA) is 41.8 Å². The lowest BCUT2D eigenvalue weighted by Gasteiger charge is -2.22. The number of aliphatic imine (C=N–C) groups is 1. The van der Waals surface area contributed by atoms with Crippen molar-refractivity contribution in [1.82, 2.24) is 14.8 Å². The fourth-order valence-corrected chi connectivity index (χ4v) is 2.87. The van der Waals surface area contributed by atoms with Gasteiger partial charge in [-0.1, -0.05) is 23.7 Å². The molecule has 6 heteroatoms. The Morgan fingerprint density at radius 2 is 2.04 bits per heavy atom. The summed E-state index contributed by atoms with van der Waals surface area (Å²) in [5, 5.41) is 4.10. The summed E-state index contributed by atoms with van der Waals surface area (Å²) in [7, 11) is 5.72. The van der Waals surface area contributed by atoms with E-state index in [1.54, 1.807) is 7.11 Å². The van der Waals surface area contributed by atoms with Gasteiger partial charge in [0.15, 0.2) is 5.96 Å². The van der Waals surface area contributed by atoms with Gasteiger partial charge in [-0.25, -0.2) is 0 Å². The van der Waals surface area contributed by atoms with E-state index in [4.69, 9.17) is 21.3 Å². The Morgan fingerprint density at radius 1 is 1.32 bits per heavy atom. The van der Waals surface area contributed by atoms with Gasteiger partial charge in [0, 0.05) is 39.1 Å². The predicted molar refractivity (Wildman–Crippen MR) is 105 cm³/mol. The zero-order chi connectivity index (χ0) is 18.2. The van der Waals surface area contributed by atoms with Crippen LogP contribution in [0.1, 0.15) is 18.2 Å². The van der Waals surface area contributed by atoms with Crippen molar-refractivity contribution in [3.63, 3.8) is 0 Å². The number of nitrogens with one attached hydrogen (secondary N) is 1. The molecule has 1 aromatic carbocycles. The number of nitrogens with zero attached hydrogens (tertiary/aromatic N) is 3. The molecule has 0 aliphatic rings. The summed E-state index contributed by atoms with van der Waals surface area (Å²) < 4.78 is 7.23. The predicted octanol–water partition coefficient (Wildman–Crippen LogP) is 3.33. The molecule has 25 heavy (non-hydrogen) atoms. The first-order valence-corrected chi connectivity index (χ1v) is 8.84. The van der Waals surface area contributed by atoms with Crippen LogP contribution in [0.15, 0.2) is 41.5 Å². The van der Waals surface area contributed by atoms with Crippen molar-refractivity contribution in [2.24, 2.45) is 12.0 Å². The molecule has 2 rings (SSSR count). The molecule has 0 aliphatic heterocycles. The van der Waals surface area contributed by atoms with E-state index in [0.29, 0.717) is 0 Å². The van der Waals surface area contributed by atoms with Crippen LogP contribution in [0.5, 0.6) is 5.75 Å². The van der Waals surface area contributed by atoms with Gasteiger partial charge in [0.05, 0.1) is 18.7 Å². The zero-order valence-corrected chi connectivity index (χ0v) is 16.2. The molecule has 0 spiro atoms. The molecule has 0 fully saturated rings. The maximum Gasteiger partial charge on any atom is 0.194 e. The second kappa shape index (κ2) is 9.37. The highest BCUT2D eigenvalue weighted by Crippen LogP contribution is 2.14. The lowest BCUT2D eigenvalue weighted by atomic mass is 10.1. The van der Waals surface area contributed by atoms with Gasteiger partial charge in [0.1, 0.15) is 5.75 Å². The van der Waals surface area contributed by atoms with E-state index in [0.717, 1.165) is 48.5 Å². The highest BCUT2D eigenvalue weighted by atomic mass is 35.5. The van der Waals surface area contributed by atoms with E-state index < -0.39 is 0 Å². The Balaban J connectivity index is 1.97.